The Balaban J connectivity index is 1.94. The molecule has 15 heteroatoms. The highest BCUT2D eigenvalue weighted by molar-refractivity contribution is 7.89. The molecule has 0 aliphatic heterocycles. The first-order chi connectivity index (χ1) is 12.9. The number of hydrogen-bond acceptors (Lipinski definition) is 7. The number of alkyl halides is 3. The molecule has 0 spiro atoms. The quantitative estimate of drug-likeness (QED) is 0.638. The molecule has 1 amide bonds. The molecule has 0 saturated heterocycles. The molecular formula is C13H16F3N7O4S. The van der Waals surface area contributed by atoms with Gasteiger partial charge in [0.15, 0.2) is 11.3 Å². The Morgan fingerprint density at radius 2 is 2.04 bits per heavy atom. The van der Waals surface area contributed by atoms with E-state index in [0.717, 1.165) is 15.4 Å². The van der Waals surface area contributed by atoms with E-state index in [0.29, 0.717) is 0 Å². The Labute approximate surface area is 155 Å². The molecule has 0 aromatic carbocycles. The first-order valence-corrected chi connectivity index (χ1v) is 9.68. The van der Waals surface area contributed by atoms with Crippen LogP contribution in [-0.2, 0) is 17.1 Å². The van der Waals surface area contributed by atoms with Crippen LogP contribution in [0.1, 0.15) is 29.8 Å². The van der Waals surface area contributed by atoms with Gasteiger partial charge in [-0.3, -0.25) is 4.79 Å². The Hall–Kier alpha value is -2.55. The molecule has 2 heterocycles. The van der Waals surface area contributed by atoms with E-state index in [1.807, 2.05) is 0 Å². The number of primary sulfonamides is 1. The Kier molecular flexibility index (Phi) is 4.91. The highest BCUT2D eigenvalue weighted by atomic mass is 32.2. The number of halogens is 3. The highest BCUT2D eigenvalue weighted by Gasteiger charge is 2.53. The molecule has 1 aliphatic rings. The Morgan fingerprint density at radius 1 is 1.36 bits per heavy atom. The first kappa shape index (κ1) is 20.2. The lowest BCUT2D eigenvalue weighted by atomic mass is 9.84. The van der Waals surface area contributed by atoms with E-state index in [1.54, 1.807) is 0 Å². The molecule has 0 bridgehead atoms. The second kappa shape index (κ2) is 6.80. The third-order valence-corrected chi connectivity index (χ3v) is 6.07. The number of nitrogens with one attached hydrogen (secondary N) is 1. The van der Waals surface area contributed by atoms with E-state index in [9.17, 15) is 31.2 Å². The molecule has 3 unspecified atom stereocenters. The van der Waals surface area contributed by atoms with Crippen molar-refractivity contribution >= 4 is 21.6 Å². The number of carbonyl (C=O) groups is 1. The van der Waals surface area contributed by atoms with Gasteiger partial charge in [0.2, 0.25) is 10.0 Å². The number of nitrogens with two attached hydrogens (primary N) is 1. The van der Waals surface area contributed by atoms with Crippen molar-refractivity contribution in [2.24, 2.45) is 18.1 Å². The zero-order chi connectivity index (χ0) is 20.9. The number of aromatic nitrogens is 5. The lowest BCUT2D eigenvalue weighted by molar-refractivity contribution is -0.182. The zero-order valence-electron chi connectivity index (χ0n) is 14.4. The molecule has 1 saturated carbocycles. The van der Waals surface area contributed by atoms with Crippen LogP contribution in [-0.4, -0.2) is 56.2 Å². The van der Waals surface area contributed by atoms with E-state index in [2.05, 4.69) is 20.6 Å². The van der Waals surface area contributed by atoms with Crippen molar-refractivity contribution in [3.63, 3.8) is 0 Å². The van der Waals surface area contributed by atoms with Gasteiger partial charge < -0.3 is 5.32 Å². The molecule has 3 atom stereocenters. The number of imidazole rings is 1. The maximum atomic E-state index is 13.3. The van der Waals surface area contributed by atoms with Crippen LogP contribution in [0.4, 0.5) is 13.2 Å². The average Bonchev–Trinajstić information content (AvgIpc) is 3.01. The molecule has 3 rings (SSSR count). The summed E-state index contributed by atoms with van der Waals surface area (Å²) in [6, 6.07) is -1.38. The average molecular weight is 423 g/mol. The number of nitrogens with zero attached hydrogens (tertiary/aromatic N) is 5. The summed E-state index contributed by atoms with van der Waals surface area (Å²) in [6.45, 7) is 0. The summed E-state index contributed by atoms with van der Waals surface area (Å²) in [5.74, 6) is -3.18. The molecule has 0 radical (unpaired) electrons. The molecule has 28 heavy (non-hydrogen) atoms. The third kappa shape index (κ3) is 3.58. The van der Waals surface area contributed by atoms with Gasteiger partial charge in [0, 0.05) is 13.1 Å². The van der Waals surface area contributed by atoms with Gasteiger partial charge >= 0.3 is 11.9 Å². The molecule has 1 aliphatic carbocycles. The van der Waals surface area contributed by atoms with Crippen LogP contribution in [0.15, 0.2) is 11.1 Å². The number of carbonyl (C=O) groups excluding carboxylic acids is 1. The number of aryl methyl sites for hydroxylation is 1. The number of hydrogen-bond donors (Lipinski definition) is 2. The standard InChI is InChI=1S/C13H16F3N7O4S/c1-22-12(25)23-5-18-8(10(23)20-21-22)11(24)19-7-4-2-3-6(13(14,15)16)9(7)28(17,26)27/h5-7,9H,2-4H2,1H3,(H,19,24)(H2,17,26,27). The van der Waals surface area contributed by atoms with Gasteiger partial charge in [-0.25, -0.2) is 27.7 Å². The fourth-order valence-corrected chi connectivity index (χ4v) is 4.82. The fourth-order valence-electron chi connectivity index (χ4n) is 3.41. The van der Waals surface area contributed by atoms with E-state index in [4.69, 9.17) is 5.14 Å². The second-order valence-corrected chi connectivity index (χ2v) is 8.22. The van der Waals surface area contributed by atoms with E-state index in [1.165, 1.54) is 7.05 Å². The summed E-state index contributed by atoms with van der Waals surface area (Å²) in [7, 11) is -3.29. The number of fused-ring (bicyclic) bond motifs is 1. The predicted molar refractivity (Wildman–Crippen MR) is 87.6 cm³/mol. The van der Waals surface area contributed by atoms with Crippen molar-refractivity contribution in [3.8, 4) is 0 Å². The SMILES string of the molecule is Cn1nnc2c(C(=O)NC3CCCC(C(F)(F)F)C3S(N)(=O)=O)ncn2c1=O. The van der Waals surface area contributed by atoms with Crippen LogP contribution in [0.2, 0.25) is 0 Å². The van der Waals surface area contributed by atoms with Crippen molar-refractivity contribution in [1.82, 2.24) is 29.7 Å². The molecule has 11 nitrogen and oxygen atoms in total. The minimum absolute atomic E-state index is 0.0152. The van der Waals surface area contributed by atoms with E-state index in [-0.39, 0.29) is 24.2 Å². The van der Waals surface area contributed by atoms with E-state index >= 15 is 0 Å². The highest BCUT2D eigenvalue weighted by Crippen LogP contribution is 2.40. The Morgan fingerprint density at radius 3 is 2.64 bits per heavy atom. The summed E-state index contributed by atoms with van der Waals surface area (Å²) in [6.07, 6.45) is -4.16. The minimum atomic E-state index is -4.79. The second-order valence-electron chi connectivity index (χ2n) is 6.50. The van der Waals surface area contributed by atoms with Crippen LogP contribution >= 0.6 is 0 Å². The van der Waals surface area contributed by atoms with Gasteiger partial charge in [-0.05, 0) is 12.8 Å². The monoisotopic (exact) mass is 423 g/mol. The number of sulfonamides is 1. The molecular weight excluding hydrogens is 407 g/mol. The minimum Gasteiger partial charge on any atom is -0.346 e. The lowest BCUT2D eigenvalue weighted by Crippen LogP contribution is -2.57. The Bertz CT molecular complexity index is 1080. The maximum Gasteiger partial charge on any atom is 0.393 e. The van der Waals surface area contributed by atoms with Crippen molar-refractivity contribution in [2.75, 3.05) is 0 Å². The van der Waals surface area contributed by atoms with Gasteiger partial charge in [0.05, 0.1) is 5.92 Å². The molecule has 2 aromatic heterocycles. The van der Waals surface area contributed by atoms with Gasteiger partial charge in [0.25, 0.3) is 5.91 Å². The van der Waals surface area contributed by atoms with Crippen LogP contribution in [0.25, 0.3) is 5.65 Å². The van der Waals surface area contributed by atoms with Crippen LogP contribution in [0.3, 0.4) is 0 Å². The number of rotatable bonds is 3. The van der Waals surface area contributed by atoms with Crippen LogP contribution in [0.5, 0.6) is 0 Å². The predicted octanol–water partition coefficient (Wildman–Crippen LogP) is -1.06. The summed E-state index contributed by atoms with van der Waals surface area (Å²) in [5.41, 5.74) is -1.22. The van der Waals surface area contributed by atoms with Crippen molar-refractivity contribution in [2.45, 2.75) is 36.7 Å². The third-order valence-electron chi connectivity index (χ3n) is 4.65. The summed E-state index contributed by atoms with van der Waals surface area (Å²) in [4.78, 5) is 28.2. The van der Waals surface area contributed by atoms with Crippen molar-refractivity contribution in [3.05, 3.63) is 22.5 Å². The molecule has 3 N–H and O–H groups in total. The van der Waals surface area contributed by atoms with Crippen LogP contribution in [0, 0.1) is 5.92 Å². The first-order valence-electron chi connectivity index (χ1n) is 8.07. The fraction of sp³-hybridized carbons (Fsp3) is 0.615. The van der Waals surface area contributed by atoms with Crippen LogP contribution < -0.4 is 16.1 Å². The largest absolute Gasteiger partial charge is 0.393 e. The lowest BCUT2D eigenvalue weighted by Gasteiger charge is -2.37. The molecule has 1 fully saturated rings. The summed E-state index contributed by atoms with van der Waals surface area (Å²) in [5, 5.41) is 12.5. The summed E-state index contributed by atoms with van der Waals surface area (Å²) < 4.78 is 65.4. The van der Waals surface area contributed by atoms with Crippen molar-refractivity contribution < 1.29 is 26.4 Å². The van der Waals surface area contributed by atoms with Crippen molar-refractivity contribution in [1.29, 1.82) is 0 Å². The number of amides is 1. The zero-order valence-corrected chi connectivity index (χ0v) is 15.2. The normalized spacial score (nSPS) is 23.7. The maximum absolute atomic E-state index is 13.3. The van der Waals surface area contributed by atoms with Gasteiger partial charge in [-0.15, -0.1) is 5.10 Å². The summed E-state index contributed by atoms with van der Waals surface area (Å²) >= 11 is 0. The van der Waals surface area contributed by atoms with Gasteiger partial charge in [0.1, 0.15) is 11.6 Å². The van der Waals surface area contributed by atoms with Gasteiger partial charge in [-0.2, -0.15) is 17.9 Å². The van der Waals surface area contributed by atoms with E-state index < -0.39 is 51.4 Å². The topological polar surface area (TPSA) is 154 Å². The molecule has 2 aromatic rings. The van der Waals surface area contributed by atoms with Gasteiger partial charge in [-0.1, -0.05) is 11.6 Å². The molecule has 154 valence electrons. The smallest absolute Gasteiger partial charge is 0.346 e.